The molecule has 0 bridgehead atoms. The highest BCUT2D eigenvalue weighted by molar-refractivity contribution is 6.38. The van der Waals surface area contributed by atoms with Gasteiger partial charge in [0.25, 0.3) is 0 Å². The highest BCUT2D eigenvalue weighted by Crippen LogP contribution is 2.29. The van der Waals surface area contributed by atoms with Crippen LogP contribution in [0.15, 0.2) is 36.0 Å². The van der Waals surface area contributed by atoms with Crippen molar-refractivity contribution in [1.82, 2.24) is 14.7 Å². The Bertz CT molecular complexity index is 1070. The van der Waals surface area contributed by atoms with Crippen LogP contribution in [0.25, 0.3) is 0 Å². The molecule has 240 valence electrons. The molecule has 43 heavy (non-hydrogen) atoms. The average molecular weight is 602 g/mol. The van der Waals surface area contributed by atoms with E-state index >= 15 is 0 Å². The zero-order valence-electron chi connectivity index (χ0n) is 26.6. The van der Waals surface area contributed by atoms with E-state index in [1.54, 1.807) is 28.9 Å². The van der Waals surface area contributed by atoms with E-state index in [-0.39, 0.29) is 31.0 Å². The minimum absolute atomic E-state index is 0.0282. The zero-order valence-corrected chi connectivity index (χ0v) is 26.6. The number of likely N-dealkylation sites (N-methyl/N-ethyl adjacent to an activating group) is 1. The number of Topliss-reactive ketones (excluding diaryl/α,β-unsaturated/α-hetero) is 2. The summed E-state index contributed by atoms with van der Waals surface area (Å²) in [6, 6.07) is 0. The molecule has 2 heterocycles. The molecule has 2 aliphatic heterocycles. The van der Waals surface area contributed by atoms with Crippen molar-refractivity contribution < 1.29 is 33.8 Å². The molecule has 0 aromatic rings. The average Bonchev–Trinajstić information content (AvgIpc) is 3.51. The van der Waals surface area contributed by atoms with Gasteiger partial charge in [-0.05, 0) is 65.0 Å². The topological polar surface area (TPSA) is 117 Å². The summed E-state index contributed by atoms with van der Waals surface area (Å²) in [5, 5.41) is 11.3. The molecule has 10 heteroatoms. The van der Waals surface area contributed by atoms with Gasteiger partial charge in [0.1, 0.15) is 5.60 Å². The number of ketones is 2. The zero-order chi connectivity index (χ0) is 31.6. The molecule has 0 radical (unpaired) electrons. The van der Waals surface area contributed by atoms with Crippen molar-refractivity contribution in [3.05, 3.63) is 36.0 Å². The van der Waals surface area contributed by atoms with Crippen LogP contribution in [0.4, 0.5) is 9.59 Å². The van der Waals surface area contributed by atoms with Gasteiger partial charge in [-0.2, -0.15) is 0 Å². The van der Waals surface area contributed by atoms with Crippen molar-refractivity contribution in [2.24, 2.45) is 17.8 Å². The molecule has 0 saturated carbocycles. The second-order valence-electron chi connectivity index (χ2n) is 12.7. The number of likely N-dealkylation sites (tertiary alicyclic amines) is 1. The van der Waals surface area contributed by atoms with Crippen molar-refractivity contribution in [3.8, 4) is 0 Å². The summed E-state index contributed by atoms with van der Waals surface area (Å²) >= 11 is 0. The lowest BCUT2D eigenvalue weighted by Gasteiger charge is -2.36. The third kappa shape index (κ3) is 10.3. The Hall–Kier alpha value is -2.98. The monoisotopic (exact) mass is 601 g/mol. The van der Waals surface area contributed by atoms with Gasteiger partial charge in [0.2, 0.25) is 5.78 Å². The number of hydrogen-bond donors (Lipinski definition) is 1. The smallest absolute Gasteiger partial charge is 0.410 e. The van der Waals surface area contributed by atoms with Crippen LogP contribution in [0.3, 0.4) is 0 Å². The Morgan fingerprint density at radius 1 is 1.02 bits per heavy atom. The van der Waals surface area contributed by atoms with Crippen LogP contribution in [-0.4, -0.2) is 108 Å². The van der Waals surface area contributed by atoms with Crippen LogP contribution in [0, 0.1) is 17.8 Å². The summed E-state index contributed by atoms with van der Waals surface area (Å²) in [7, 11) is 2.01. The number of nitrogens with zero attached hydrogens (tertiary/aromatic N) is 3. The van der Waals surface area contributed by atoms with Crippen molar-refractivity contribution in [1.29, 1.82) is 0 Å². The number of piperazine rings is 1. The quantitative estimate of drug-likeness (QED) is 0.271. The molecule has 0 aromatic carbocycles. The fourth-order valence-corrected chi connectivity index (χ4v) is 5.75. The lowest BCUT2D eigenvalue weighted by Crippen LogP contribution is -2.50. The second-order valence-corrected chi connectivity index (χ2v) is 12.7. The molecule has 1 N–H and O–H groups in total. The Morgan fingerprint density at radius 2 is 1.67 bits per heavy atom. The van der Waals surface area contributed by atoms with Gasteiger partial charge in [0, 0.05) is 51.6 Å². The Morgan fingerprint density at radius 3 is 2.35 bits per heavy atom. The summed E-state index contributed by atoms with van der Waals surface area (Å²) in [6.45, 7) is 11.6. The molecule has 10 nitrogen and oxygen atoms in total. The first-order valence-electron chi connectivity index (χ1n) is 15.8. The molecule has 0 unspecified atom stereocenters. The molecule has 2 fully saturated rings. The predicted molar refractivity (Wildman–Crippen MR) is 164 cm³/mol. The minimum atomic E-state index is -1.33. The van der Waals surface area contributed by atoms with Crippen LogP contribution < -0.4 is 0 Å². The number of ether oxygens (including phenoxy) is 2. The molecule has 0 aromatic heterocycles. The van der Waals surface area contributed by atoms with Crippen LogP contribution in [0.1, 0.15) is 66.2 Å². The molecule has 5 atom stereocenters. The number of hydrogen-bond acceptors (Lipinski definition) is 8. The van der Waals surface area contributed by atoms with Gasteiger partial charge in [-0.3, -0.25) is 9.59 Å². The first-order valence-corrected chi connectivity index (χ1v) is 15.8. The summed E-state index contributed by atoms with van der Waals surface area (Å²) in [5.41, 5.74) is -0.606. The second kappa shape index (κ2) is 16.2. The van der Waals surface area contributed by atoms with Crippen LogP contribution in [0.5, 0.6) is 0 Å². The van der Waals surface area contributed by atoms with E-state index in [2.05, 4.69) is 4.90 Å². The van der Waals surface area contributed by atoms with Crippen molar-refractivity contribution in [2.45, 2.75) is 77.9 Å². The van der Waals surface area contributed by atoms with Crippen molar-refractivity contribution in [2.75, 3.05) is 52.9 Å². The van der Waals surface area contributed by atoms with Crippen molar-refractivity contribution in [3.63, 3.8) is 0 Å². The van der Waals surface area contributed by atoms with Gasteiger partial charge in [0.05, 0.1) is 12.5 Å². The van der Waals surface area contributed by atoms with E-state index in [9.17, 15) is 24.3 Å². The van der Waals surface area contributed by atoms with E-state index in [0.29, 0.717) is 32.4 Å². The maximum atomic E-state index is 13.4. The van der Waals surface area contributed by atoms with E-state index in [0.717, 1.165) is 44.6 Å². The number of aliphatic hydroxyl groups is 1. The maximum absolute atomic E-state index is 13.4. The van der Waals surface area contributed by atoms with Gasteiger partial charge < -0.3 is 29.3 Å². The predicted octanol–water partition coefficient (Wildman–Crippen LogP) is 4.38. The SMILES string of the molecule is C/C(=C\C=C\[C@@H](C)COC(=O)N1CCCC1)[C@H]1C(=O)C(=O)CCCC[C@](C)(O)[C@@H](OC(=O)N2CCN(C)CC2)/C=C/[C@@H]1C. The van der Waals surface area contributed by atoms with Gasteiger partial charge in [-0.25, -0.2) is 9.59 Å². The third-order valence-electron chi connectivity index (χ3n) is 8.73. The molecule has 3 aliphatic rings. The van der Waals surface area contributed by atoms with Crippen LogP contribution in [-0.2, 0) is 19.1 Å². The largest absolute Gasteiger partial charge is 0.449 e. The van der Waals surface area contributed by atoms with E-state index in [1.165, 1.54) is 0 Å². The lowest BCUT2D eigenvalue weighted by molar-refractivity contribution is -0.139. The summed E-state index contributed by atoms with van der Waals surface area (Å²) in [6.07, 6.45) is 10.8. The first-order chi connectivity index (χ1) is 20.4. The molecule has 1 aliphatic carbocycles. The number of rotatable bonds is 6. The number of carbonyl (C=O) groups excluding carboxylic acids is 4. The van der Waals surface area contributed by atoms with Gasteiger partial charge in [0.15, 0.2) is 11.9 Å². The third-order valence-corrected chi connectivity index (χ3v) is 8.73. The first kappa shape index (κ1) is 34.5. The molecule has 0 spiro atoms. The summed E-state index contributed by atoms with van der Waals surface area (Å²) < 4.78 is 11.3. The Balaban J connectivity index is 1.72. The molecular formula is C33H51N3O7. The highest BCUT2D eigenvalue weighted by atomic mass is 16.6. The minimum Gasteiger partial charge on any atom is -0.449 e. The normalized spacial score (nSPS) is 30.1. The summed E-state index contributed by atoms with van der Waals surface area (Å²) in [5.74, 6) is -1.97. The van der Waals surface area contributed by atoms with E-state index in [4.69, 9.17) is 9.47 Å². The molecule has 3 rings (SSSR count). The van der Waals surface area contributed by atoms with Gasteiger partial charge in [-0.15, -0.1) is 0 Å². The lowest BCUT2D eigenvalue weighted by atomic mass is 9.80. The summed E-state index contributed by atoms with van der Waals surface area (Å²) in [4.78, 5) is 56.9. The van der Waals surface area contributed by atoms with Crippen LogP contribution >= 0.6 is 0 Å². The maximum Gasteiger partial charge on any atom is 0.410 e. The molecular weight excluding hydrogens is 550 g/mol. The van der Waals surface area contributed by atoms with Gasteiger partial charge in [-0.1, -0.05) is 43.7 Å². The molecule has 2 saturated heterocycles. The number of amides is 2. The number of allylic oxidation sites excluding steroid dienone is 4. The van der Waals surface area contributed by atoms with E-state index in [1.807, 2.05) is 46.0 Å². The Labute approximate surface area is 256 Å². The number of carbonyl (C=O) groups is 4. The fourth-order valence-electron chi connectivity index (χ4n) is 5.75. The standard InChI is InChI=1S/C33H51N3O7/c1-24(23-42-31(39)35-17-8-9-18-35)11-10-12-25(2)29-26(3)14-15-28(43-32(40)36-21-19-34(5)20-22-36)33(4,41)16-7-6-13-27(37)30(29)38/h10-12,14-15,24,26,28-29,41H,6-9,13,16-23H2,1-5H3/b11-10+,15-14+,25-12+/t24-,26+,28+,29-,33+/m1/s1. The Kier molecular flexibility index (Phi) is 13.0. The molecule has 2 amide bonds. The highest BCUT2D eigenvalue weighted by Gasteiger charge is 2.37. The van der Waals surface area contributed by atoms with Gasteiger partial charge >= 0.3 is 12.2 Å². The van der Waals surface area contributed by atoms with Crippen molar-refractivity contribution >= 4 is 23.8 Å². The van der Waals surface area contributed by atoms with Crippen LogP contribution in [0.2, 0.25) is 0 Å². The van der Waals surface area contributed by atoms with E-state index < -0.39 is 35.3 Å². The fraction of sp³-hybridized carbons (Fsp3) is 0.697.